The van der Waals surface area contributed by atoms with E-state index in [0.29, 0.717) is 34.4 Å². The number of anilines is 1. The van der Waals surface area contributed by atoms with Gasteiger partial charge in [0.25, 0.3) is 0 Å². The number of alkyl carbamates (subject to hydrolysis) is 1. The average molecular weight is 578 g/mol. The molecule has 11 heteroatoms. The van der Waals surface area contributed by atoms with Crippen LogP contribution in [0.25, 0.3) is 0 Å². The molecule has 3 atom stereocenters. The Bertz CT molecular complexity index is 1420. The summed E-state index contributed by atoms with van der Waals surface area (Å²) in [6.45, 7) is 2.07. The largest absolute Gasteiger partial charge is 0.447 e. The number of benzene rings is 2. The summed E-state index contributed by atoms with van der Waals surface area (Å²) in [6, 6.07) is 13.2. The molecule has 1 aliphatic carbocycles. The van der Waals surface area contributed by atoms with E-state index in [4.69, 9.17) is 27.9 Å². The van der Waals surface area contributed by atoms with Crippen molar-refractivity contribution in [3.8, 4) is 0 Å². The third-order valence-electron chi connectivity index (χ3n) is 7.13. The smallest absolute Gasteiger partial charge is 0.407 e. The predicted molar refractivity (Wildman–Crippen MR) is 153 cm³/mol. The highest BCUT2D eigenvalue weighted by atomic mass is 35.5. The molecule has 3 N–H and O–H groups in total. The summed E-state index contributed by atoms with van der Waals surface area (Å²) in [5.74, 6) is 0.616. The zero-order chi connectivity index (χ0) is 27.2. The van der Waals surface area contributed by atoms with Gasteiger partial charge in [0.1, 0.15) is 12.4 Å². The molecule has 0 saturated heterocycles. The number of hydrogen-bond acceptors (Lipinski definition) is 5. The van der Waals surface area contributed by atoms with E-state index in [-0.39, 0.29) is 24.1 Å². The van der Waals surface area contributed by atoms with Gasteiger partial charge in [0.2, 0.25) is 0 Å². The Balaban J connectivity index is 1.29. The van der Waals surface area contributed by atoms with E-state index in [1.807, 2.05) is 49.4 Å². The third kappa shape index (κ3) is 5.08. The second-order valence-electron chi connectivity index (χ2n) is 10.1. The minimum atomic E-state index is -4.59. The first-order chi connectivity index (χ1) is 17.9. The molecule has 5 rings (SSSR count). The number of hydrogen-bond donors (Lipinski definition) is 3. The van der Waals surface area contributed by atoms with Crippen LogP contribution < -0.4 is 14.9 Å². The summed E-state index contributed by atoms with van der Waals surface area (Å²) >= 11 is 12.2. The number of para-hydroxylation sites is 1. The molecule has 0 spiro atoms. The van der Waals surface area contributed by atoms with E-state index in [9.17, 15) is 13.6 Å². The number of allylic oxidation sites excluding steroid dienone is 2. The van der Waals surface area contributed by atoms with Crippen LogP contribution in [-0.2, 0) is 20.7 Å². The maximum atomic E-state index is 14.4. The van der Waals surface area contributed by atoms with Gasteiger partial charge in [-0.05, 0) is 67.8 Å². The van der Waals surface area contributed by atoms with Crippen molar-refractivity contribution in [2.24, 2.45) is 4.99 Å². The maximum Gasteiger partial charge on any atom is 0.407 e. The van der Waals surface area contributed by atoms with E-state index in [1.165, 1.54) is 10.6 Å². The summed E-state index contributed by atoms with van der Waals surface area (Å²) in [5, 5.41) is 7.13. The molecule has 0 fully saturated rings. The number of fused-ring (bicyclic) bond motifs is 2. The van der Waals surface area contributed by atoms with Crippen molar-refractivity contribution < 1.29 is 18.3 Å². The fourth-order valence-corrected chi connectivity index (χ4v) is 8.16. The topological polar surface area (TPSA) is 103 Å². The van der Waals surface area contributed by atoms with Crippen LogP contribution in [0.1, 0.15) is 18.9 Å². The summed E-state index contributed by atoms with van der Waals surface area (Å²) in [6.07, 6.45) is 7.55. The molecule has 2 aromatic carbocycles. The molecule has 202 valence electrons. The standard InChI is InChI=1S/C27H30Cl2N4O4S/c1-27-15-20(29)10-14-24(27)31-25(32-27)16-30-26(34)37-17-21-11-7-18-5-3-4-6-23(18)33(21)38(2,35,36)22-12-8-19(28)9-13-22/h3-6,8-10,12-15,21,24H,7,11,16-17H2,1-2H3,(H,30,34)(H,31,32)(H,35,36). The van der Waals surface area contributed by atoms with Crippen molar-refractivity contribution in [2.45, 2.75) is 42.3 Å². The van der Waals surface area contributed by atoms with E-state index < -0.39 is 27.2 Å². The van der Waals surface area contributed by atoms with Gasteiger partial charge >= 0.3 is 6.09 Å². The molecular formula is C27H30Cl2N4O4S. The summed E-state index contributed by atoms with van der Waals surface area (Å²) < 4.78 is 33.2. The predicted octanol–water partition coefficient (Wildman–Crippen LogP) is 4.91. The van der Waals surface area contributed by atoms with Crippen LogP contribution in [0.3, 0.4) is 0 Å². The number of amides is 1. The van der Waals surface area contributed by atoms with Gasteiger partial charge in [0.05, 0.1) is 34.8 Å². The van der Waals surface area contributed by atoms with Crippen molar-refractivity contribution in [2.75, 3.05) is 23.7 Å². The maximum absolute atomic E-state index is 14.4. The molecule has 3 aliphatic rings. The Kier molecular flexibility index (Phi) is 6.84. The van der Waals surface area contributed by atoms with Crippen LogP contribution in [-0.4, -0.2) is 57.7 Å². The molecule has 38 heavy (non-hydrogen) atoms. The molecule has 0 bridgehead atoms. The van der Waals surface area contributed by atoms with Crippen molar-refractivity contribution >= 4 is 50.4 Å². The first-order valence-corrected chi connectivity index (χ1v) is 15.3. The fraction of sp³-hybridized carbons (Fsp3) is 0.333. The number of carbonyl (C=O) groups is 1. The lowest BCUT2D eigenvalue weighted by Crippen LogP contribution is -2.58. The van der Waals surface area contributed by atoms with Crippen molar-refractivity contribution in [1.29, 1.82) is 0 Å². The lowest BCUT2D eigenvalue weighted by molar-refractivity contribution is 0.138. The number of aryl methyl sites for hydroxylation is 1. The van der Waals surface area contributed by atoms with Crippen LogP contribution in [0.2, 0.25) is 5.02 Å². The number of nitrogens with one attached hydrogen (secondary N) is 2. The van der Waals surface area contributed by atoms with Gasteiger partial charge in [-0.2, -0.15) is 4.21 Å². The molecule has 2 heterocycles. The van der Waals surface area contributed by atoms with Crippen molar-refractivity contribution in [3.63, 3.8) is 0 Å². The number of halogens is 2. The summed E-state index contributed by atoms with van der Waals surface area (Å²) in [4.78, 5) is 17.5. The number of nitrogens with zero attached hydrogens (tertiary/aromatic N) is 2. The Hall–Kier alpha value is -2.85. The monoisotopic (exact) mass is 576 g/mol. The van der Waals surface area contributed by atoms with Gasteiger partial charge in [0, 0.05) is 16.3 Å². The molecule has 8 nitrogen and oxygen atoms in total. The van der Waals surface area contributed by atoms with Gasteiger partial charge in [-0.25, -0.2) is 4.79 Å². The zero-order valence-corrected chi connectivity index (χ0v) is 23.4. The molecule has 1 amide bonds. The molecule has 2 aromatic rings. The van der Waals surface area contributed by atoms with Crippen LogP contribution in [0, 0.1) is 0 Å². The first kappa shape index (κ1) is 26.7. The molecule has 3 unspecified atom stereocenters. The Morgan fingerprint density at radius 1 is 1.26 bits per heavy atom. The van der Waals surface area contributed by atoms with E-state index in [1.54, 1.807) is 24.3 Å². The van der Waals surface area contributed by atoms with Gasteiger partial charge in [-0.15, -0.1) is 9.53 Å². The van der Waals surface area contributed by atoms with E-state index in [0.717, 1.165) is 5.56 Å². The third-order valence-corrected chi connectivity index (χ3v) is 10.4. The normalized spacial score (nSPS) is 25.2. The number of rotatable bonds is 6. The SMILES string of the molecule is CC12C=C(Cl)C=CC1N=C(CNC(=O)OCC1CCc3ccccc3N1S(C)(=O)(O)c1ccc(Cl)cc1)N2. The Labute approximate surface area is 232 Å². The van der Waals surface area contributed by atoms with Gasteiger partial charge < -0.3 is 15.4 Å². The highest BCUT2D eigenvalue weighted by molar-refractivity contribution is 8.15. The number of aliphatic imine (C=N–C) groups is 1. The molecule has 0 aromatic heterocycles. The lowest BCUT2D eigenvalue weighted by Gasteiger charge is -2.55. The average Bonchev–Trinajstić information content (AvgIpc) is 3.20. The Morgan fingerprint density at radius 3 is 2.76 bits per heavy atom. The van der Waals surface area contributed by atoms with Crippen LogP contribution >= 0.6 is 23.2 Å². The molecule has 0 radical (unpaired) electrons. The van der Waals surface area contributed by atoms with E-state index >= 15 is 0 Å². The zero-order valence-electron chi connectivity index (χ0n) is 21.1. The molecule has 0 saturated carbocycles. The highest BCUT2D eigenvalue weighted by Crippen LogP contribution is 2.44. The number of amidine groups is 1. The van der Waals surface area contributed by atoms with Gasteiger partial charge in [-0.1, -0.05) is 47.5 Å². The van der Waals surface area contributed by atoms with Crippen LogP contribution in [0.15, 0.2) is 81.7 Å². The van der Waals surface area contributed by atoms with E-state index in [2.05, 4.69) is 15.6 Å². The lowest BCUT2D eigenvalue weighted by atomic mass is 9.90. The minimum Gasteiger partial charge on any atom is -0.447 e. The number of ether oxygens (including phenoxy) is 1. The first-order valence-electron chi connectivity index (χ1n) is 12.3. The second kappa shape index (κ2) is 9.72. The second-order valence-corrected chi connectivity index (χ2v) is 14.3. The summed E-state index contributed by atoms with van der Waals surface area (Å²) in [5.41, 5.74) is 1.16. The van der Waals surface area contributed by atoms with Crippen LogP contribution in [0.4, 0.5) is 10.5 Å². The van der Waals surface area contributed by atoms with Gasteiger partial charge in [-0.3, -0.25) is 13.9 Å². The van der Waals surface area contributed by atoms with Gasteiger partial charge in [0.15, 0.2) is 0 Å². The molecular weight excluding hydrogens is 547 g/mol. The van der Waals surface area contributed by atoms with Crippen molar-refractivity contribution in [3.05, 3.63) is 82.4 Å². The Morgan fingerprint density at radius 2 is 2.00 bits per heavy atom. The minimum absolute atomic E-state index is 0.0714. The molecule has 2 aliphatic heterocycles. The van der Waals surface area contributed by atoms with Crippen molar-refractivity contribution in [1.82, 2.24) is 10.6 Å². The number of carbonyl (C=O) groups excluding carboxylic acids is 1. The quantitative estimate of drug-likeness (QED) is 0.453. The highest BCUT2D eigenvalue weighted by Gasteiger charge is 2.42. The summed E-state index contributed by atoms with van der Waals surface area (Å²) in [7, 11) is -4.59. The van der Waals surface area contributed by atoms with Crippen LogP contribution in [0.5, 0.6) is 0 Å². The fourth-order valence-electron chi connectivity index (χ4n) is 5.24.